The van der Waals surface area contributed by atoms with Crippen molar-refractivity contribution in [3.8, 4) is 0 Å². The van der Waals surface area contributed by atoms with Gasteiger partial charge in [0.1, 0.15) is 0 Å². The van der Waals surface area contributed by atoms with E-state index in [-0.39, 0.29) is 30.8 Å². The monoisotopic (exact) mass is 344 g/mol. The maximum atomic E-state index is 13.9. The fourth-order valence-corrected chi connectivity index (χ4v) is 3.35. The molecule has 1 aromatic carbocycles. The number of carbonyl (C=O) groups is 2. The van der Waals surface area contributed by atoms with Gasteiger partial charge in [-0.15, -0.1) is 0 Å². The lowest BCUT2D eigenvalue weighted by atomic mass is 10.1. The van der Waals surface area contributed by atoms with E-state index >= 15 is 0 Å². The molecule has 0 spiro atoms. The number of carboxylic acids is 1. The van der Waals surface area contributed by atoms with Crippen LogP contribution in [0.15, 0.2) is 35.2 Å². The molecule has 1 saturated heterocycles. The first kappa shape index (κ1) is 17.4. The molecule has 126 valence electrons. The third-order valence-electron chi connectivity index (χ3n) is 3.64. The van der Waals surface area contributed by atoms with E-state index in [1.807, 2.05) is 0 Å². The Morgan fingerprint density at radius 3 is 2.52 bits per heavy atom. The Hall–Kier alpha value is -2.00. The number of benzene rings is 1. The first-order valence-electron chi connectivity index (χ1n) is 6.99. The van der Waals surface area contributed by atoms with Crippen molar-refractivity contribution in [2.45, 2.75) is 23.4 Å². The Morgan fingerprint density at radius 2 is 1.96 bits per heavy atom. The van der Waals surface area contributed by atoms with Crippen molar-refractivity contribution in [2.24, 2.45) is 0 Å². The summed E-state index contributed by atoms with van der Waals surface area (Å²) < 4.78 is 40.1. The number of halogens is 1. The lowest BCUT2D eigenvalue weighted by Crippen LogP contribution is -2.39. The van der Waals surface area contributed by atoms with E-state index in [2.05, 4.69) is 4.72 Å². The van der Waals surface area contributed by atoms with Crippen LogP contribution in [0.25, 0.3) is 0 Å². The van der Waals surface area contributed by atoms with Crippen LogP contribution in [0.2, 0.25) is 0 Å². The van der Waals surface area contributed by atoms with E-state index < -0.39 is 34.1 Å². The number of carboxylic acid groups (broad SMARTS) is 1. The first-order chi connectivity index (χ1) is 10.7. The molecule has 1 aromatic rings. The highest BCUT2D eigenvalue weighted by molar-refractivity contribution is 7.89. The van der Waals surface area contributed by atoms with Gasteiger partial charge in [0.05, 0.1) is 11.4 Å². The average molecular weight is 344 g/mol. The Bertz CT molecular complexity index is 694. The summed E-state index contributed by atoms with van der Waals surface area (Å²) in [5.41, 5.74) is -2.42. The van der Waals surface area contributed by atoms with Crippen LogP contribution in [-0.2, 0) is 19.6 Å². The van der Waals surface area contributed by atoms with Crippen LogP contribution in [0.4, 0.5) is 4.39 Å². The van der Waals surface area contributed by atoms with Gasteiger partial charge in [0.25, 0.3) is 0 Å². The van der Waals surface area contributed by atoms with Gasteiger partial charge in [-0.25, -0.2) is 22.3 Å². The van der Waals surface area contributed by atoms with E-state index in [1.54, 1.807) is 18.2 Å². The molecular formula is C14H17FN2O5S. The second kappa shape index (κ2) is 6.63. The van der Waals surface area contributed by atoms with Gasteiger partial charge in [-0.05, 0) is 12.1 Å². The van der Waals surface area contributed by atoms with E-state index in [0.29, 0.717) is 0 Å². The molecule has 1 amide bonds. The summed E-state index contributed by atoms with van der Waals surface area (Å²) >= 11 is 0. The maximum absolute atomic E-state index is 13.9. The standard InChI is InChI=1S/C14H17FN2O5S/c15-14(13(19)20)7-9-17(10-14)12(18)6-8-16-23(21,22)11-4-2-1-3-5-11/h1-5,16H,6-10H2,(H,19,20). The van der Waals surface area contributed by atoms with Gasteiger partial charge in [-0.2, -0.15) is 0 Å². The zero-order valence-electron chi connectivity index (χ0n) is 12.2. The zero-order valence-corrected chi connectivity index (χ0v) is 13.1. The average Bonchev–Trinajstić information content (AvgIpc) is 2.92. The molecule has 0 radical (unpaired) electrons. The number of alkyl halides is 1. The highest BCUT2D eigenvalue weighted by Crippen LogP contribution is 2.26. The van der Waals surface area contributed by atoms with E-state index in [1.165, 1.54) is 12.1 Å². The molecule has 23 heavy (non-hydrogen) atoms. The van der Waals surface area contributed by atoms with Crippen LogP contribution in [0.3, 0.4) is 0 Å². The van der Waals surface area contributed by atoms with Crippen LogP contribution in [-0.4, -0.2) is 55.6 Å². The van der Waals surface area contributed by atoms with Crippen molar-refractivity contribution < 1.29 is 27.5 Å². The number of amides is 1. The normalized spacial score (nSPS) is 21.3. The predicted molar refractivity (Wildman–Crippen MR) is 78.9 cm³/mol. The van der Waals surface area contributed by atoms with Gasteiger partial charge >= 0.3 is 5.97 Å². The van der Waals surface area contributed by atoms with E-state index in [0.717, 1.165) is 4.90 Å². The van der Waals surface area contributed by atoms with Crippen molar-refractivity contribution in [3.63, 3.8) is 0 Å². The fourth-order valence-electron chi connectivity index (χ4n) is 2.29. The topological polar surface area (TPSA) is 104 Å². The number of nitrogens with zero attached hydrogens (tertiary/aromatic N) is 1. The van der Waals surface area contributed by atoms with Crippen molar-refractivity contribution in [1.29, 1.82) is 0 Å². The molecular weight excluding hydrogens is 327 g/mol. The summed E-state index contributed by atoms with van der Waals surface area (Å²) in [6.07, 6.45) is -0.425. The maximum Gasteiger partial charge on any atom is 0.343 e. The van der Waals surface area contributed by atoms with Gasteiger partial charge < -0.3 is 10.0 Å². The Morgan fingerprint density at radius 1 is 1.30 bits per heavy atom. The Kier molecular flexibility index (Phi) is 5.00. The summed E-state index contributed by atoms with van der Waals surface area (Å²) in [4.78, 5) is 23.9. The lowest BCUT2D eigenvalue weighted by molar-refractivity contribution is -0.150. The van der Waals surface area contributed by atoms with Crippen LogP contribution in [0.1, 0.15) is 12.8 Å². The molecule has 1 atom stereocenters. The Balaban J connectivity index is 1.85. The van der Waals surface area contributed by atoms with Gasteiger partial charge in [0.2, 0.25) is 21.6 Å². The first-order valence-corrected chi connectivity index (χ1v) is 8.48. The molecule has 0 aliphatic carbocycles. The summed E-state index contributed by atoms with van der Waals surface area (Å²) in [6.45, 7) is -0.640. The second-order valence-corrected chi connectivity index (χ2v) is 7.06. The molecule has 0 aromatic heterocycles. The molecule has 1 aliphatic heterocycles. The SMILES string of the molecule is O=C(CCNS(=O)(=O)c1ccccc1)N1CCC(F)(C(=O)O)C1. The van der Waals surface area contributed by atoms with Crippen molar-refractivity contribution >= 4 is 21.9 Å². The quantitative estimate of drug-likeness (QED) is 0.776. The Labute approximate surface area is 133 Å². The number of aliphatic carboxylic acids is 1. The number of rotatable bonds is 6. The molecule has 9 heteroatoms. The number of sulfonamides is 1. The fraction of sp³-hybridized carbons (Fsp3) is 0.429. The lowest BCUT2D eigenvalue weighted by Gasteiger charge is -2.17. The molecule has 0 bridgehead atoms. The van der Waals surface area contributed by atoms with Crippen molar-refractivity contribution in [3.05, 3.63) is 30.3 Å². The van der Waals surface area contributed by atoms with Gasteiger partial charge in [-0.1, -0.05) is 18.2 Å². The van der Waals surface area contributed by atoms with Crippen LogP contribution < -0.4 is 4.72 Å². The molecule has 2 N–H and O–H groups in total. The largest absolute Gasteiger partial charge is 0.479 e. The number of carbonyl (C=O) groups excluding carboxylic acids is 1. The summed E-state index contributed by atoms with van der Waals surface area (Å²) in [6, 6.07) is 7.69. The van der Waals surface area contributed by atoms with Crippen molar-refractivity contribution in [1.82, 2.24) is 9.62 Å². The molecule has 7 nitrogen and oxygen atoms in total. The summed E-state index contributed by atoms with van der Waals surface area (Å²) in [7, 11) is -3.70. The van der Waals surface area contributed by atoms with Gasteiger partial charge in [-0.3, -0.25) is 4.79 Å². The third kappa shape index (κ3) is 4.05. The van der Waals surface area contributed by atoms with E-state index in [9.17, 15) is 22.4 Å². The van der Waals surface area contributed by atoms with Crippen LogP contribution in [0.5, 0.6) is 0 Å². The molecule has 1 fully saturated rings. The number of hydrogen-bond donors (Lipinski definition) is 2. The van der Waals surface area contributed by atoms with Gasteiger partial charge in [0, 0.05) is 25.9 Å². The number of hydrogen-bond acceptors (Lipinski definition) is 4. The molecule has 0 saturated carbocycles. The van der Waals surface area contributed by atoms with Gasteiger partial charge in [0.15, 0.2) is 0 Å². The summed E-state index contributed by atoms with van der Waals surface area (Å²) in [5, 5.41) is 8.78. The van der Waals surface area contributed by atoms with Crippen LogP contribution in [0, 0.1) is 0 Å². The molecule has 1 aliphatic rings. The minimum absolute atomic E-state index is 0.00701. The van der Waals surface area contributed by atoms with Crippen LogP contribution >= 0.6 is 0 Å². The second-order valence-electron chi connectivity index (χ2n) is 5.30. The zero-order chi connectivity index (χ0) is 17.1. The minimum Gasteiger partial charge on any atom is -0.479 e. The molecule has 2 rings (SSSR count). The molecule has 1 unspecified atom stereocenters. The van der Waals surface area contributed by atoms with E-state index in [4.69, 9.17) is 5.11 Å². The predicted octanol–water partition coefficient (Wildman–Crippen LogP) is 0.380. The third-order valence-corrected chi connectivity index (χ3v) is 5.12. The highest BCUT2D eigenvalue weighted by atomic mass is 32.2. The summed E-state index contributed by atoms with van der Waals surface area (Å²) in [5.74, 6) is -2.07. The molecule has 1 heterocycles. The smallest absolute Gasteiger partial charge is 0.343 e. The minimum atomic E-state index is -3.70. The number of likely N-dealkylation sites (tertiary alicyclic amines) is 1. The number of nitrogens with one attached hydrogen (secondary N) is 1. The highest BCUT2D eigenvalue weighted by Gasteiger charge is 2.46. The van der Waals surface area contributed by atoms with Crippen molar-refractivity contribution in [2.75, 3.05) is 19.6 Å².